The van der Waals surface area contributed by atoms with Gasteiger partial charge in [0.2, 0.25) is 0 Å². The van der Waals surface area contributed by atoms with Crippen LogP contribution < -0.4 is 11.3 Å². The zero-order valence-corrected chi connectivity index (χ0v) is 13.9. The van der Waals surface area contributed by atoms with Crippen LogP contribution in [0.4, 0.5) is 4.39 Å². The lowest BCUT2D eigenvalue weighted by molar-refractivity contribution is 0.623. The van der Waals surface area contributed by atoms with Crippen molar-refractivity contribution >= 4 is 22.6 Å². The molecule has 4 nitrogen and oxygen atoms in total. The lowest BCUT2D eigenvalue weighted by Crippen LogP contribution is -2.22. The van der Waals surface area contributed by atoms with Crippen molar-refractivity contribution in [2.75, 3.05) is 0 Å². The maximum Gasteiger partial charge on any atom is 0.261 e. The molecule has 2 heterocycles. The summed E-state index contributed by atoms with van der Waals surface area (Å²) in [6, 6.07) is 12.1. The van der Waals surface area contributed by atoms with E-state index in [4.69, 9.17) is 10.7 Å². The Morgan fingerprint density at radius 1 is 1.28 bits per heavy atom. The van der Waals surface area contributed by atoms with Gasteiger partial charge in [0, 0.05) is 12.6 Å². The second-order valence-corrected chi connectivity index (χ2v) is 6.40. The van der Waals surface area contributed by atoms with Crippen LogP contribution in [0.2, 0.25) is 0 Å². The molecule has 0 saturated heterocycles. The van der Waals surface area contributed by atoms with Crippen molar-refractivity contribution in [2.45, 2.75) is 25.9 Å². The predicted octanol–water partition coefficient (Wildman–Crippen LogP) is 3.50. The van der Waals surface area contributed by atoms with E-state index < -0.39 is 11.9 Å². The molecule has 0 radical (unpaired) electrons. The molecule has 0 aliphatic carbocycles. The molecular formula is C20H18FN3O. The first kappa shape index (κ1) is 15.7. The first-order valence-corrected chi connectivity index (χ1v) is 8.30. The van der Waals surface area contributed by atoms with Crippen molar-refractivity contribution in [1.29, 1.82) is 0 Å². The first-order chi connectivity index (χ1) is 12.0. The molecule has 1 aromatic heterocycles. The van der Waals surface area contributed by atoms with Gasteiger partial charge >= 0.3 is 0 Å². The summed E-state index contributed by atoms with van der Waals surface area (Å²) >= 11 is 0. The number of nitrogens with two attached hydrogens (primary N) is 1. The Morgan fingerprint density at radius 2 is 2.04 bits per heavy atom. The first-order valence-electron chi connectivity index (χ1n) is 8.30. The summed E-state index contributed by atoms with van der Waals surface area (Å²) < 4.78 is 15.5. The zero-order chi connectivity index (χ0) is 17.6. The highest BCUT2D eigenvalue weighted by Crippen LogP contribution is 2.29. The molecule has 0 saturated carbocycles. The molecule has 0 amide bonds. The van der Waals surface area contributed by atoms with Crippen LogP contribution in [0.15, 0.2) is 47.3 Å². The summed E-state index contributed by atoms with van der Waals surface area (Å²) in [7, 11) is 0. The highest BCUT2D eigenvalue weighted by molar-refractivity contribution is 5.86. The van der Waals surface area contributed by atoms with Gasteiger partial charge in [0.15, 0.2) is 0 Å². The molecular weight excluding hydrogens is 317 g/mol. The van der Waals surface area contributed by atoms with E-state index in [9.17, 15) is 9.18 Å². The highest BCUT2D eigenvalue weighted by Gasteiger charge is 2.23. The van der Waals surface area contributed by atoms with Gasteiger partial charge in [-0.25, -0.2) is 9.37 Å². The molecule has 3 aromatic rings. The molecule has 126 valence electrons. The van der Waals surface area contributed by atoms with Crippen LogP contribution in [-0.2, 0) is 6.54 Å². The zero-order valence-electron chi connectivity index (χ0n) is 13.9. The van der Waals surface area contributed by atoms with Gasteiger partial charge in [-0.1, -0.05) is 30.3 Å². The molecule has 5 heteroatoms. The Bertz CT molecular complexity index is 1050. The predicted molar refractivity (Wildman–Crippen MR) is 97.5 cm³/mol. The normalized spacial score (nSPS) is 16.4. The standard InChI is InChI=1S/C20H18FN3O/c1-12(22)16-10-15(21)11-17-18(16)23-19-14(7-8-24(19)20(17)25)9-13-5-3-2-4-6-13/h2-6,9-12H,7-8,22H2,1H3. The highest BCUT2D eigenvalue weighted by atomic mass is 19.1. The van der Waals surface area contributed by atoms with Crippen molar-refractivity contribution in [1.82, 2.24) is 9.55 Å². The van der Waals surface area contributed by atoms with Crippen molar-refractivity contribution in [3.8, 4) is 0 Å². The number of hydrogen-bond donors (Lipinski definition) is 1. The average molecular weight is 335 g/mol. The van der Waals surface area contributed by atoms with E-state index in [1.54, 1.807) is 11.5 Å². The van der Waals surface area contributed by atoms with E-state index >= 15 is 0 Å². The smallest absolute Gasteiger partial charge is 0.261 e. The van der Waals surface area contributed by atoms with Gasteiger partial charge in [0.1, 0.15) is 11.6 Å². The minimum absolute atomic E-state index is 0.210. The third-order valence-corrected chi connectivity index (χ3v) is 4.58. The fourth-order valence-corrected chi connectivity index (χ4v) is 3.35. The lowest BCUT2D eigenvalue weighted by Gasteiger charge is -2.12. The van der Waals surface area contributed by atoms with Crippen molar-refractivity contribution < 1.29 is 4.39 Å². The number of rotatable bonds is 2. The van der Waals surface area contributed by atoms with Crippen molar-refractivity contribution in [3.63, 3.8) is 0 Å². The molecule has 1 atom stereocenters. The summed E-state index contributed by atoms with van der Waals surface area (Å²) in [6.45, 7) is 2.32. The van der Waals surface area contributed by atoms with E-state index in [0.29, 0.717) is 23.4 Å². The Labute approximate surface area is 144 Å². The average Bonchev–Trinajstić information content (AvgIpc) is 2.99. The van der Waals surface area contributed by atoms with Crippen LogP contribution in [0.3, 0.4) is 0 Å². The van der Waals surface area contributed by atoms with E-state index in [1.807, 2.05) is 36.4 Å². The Hall–Kier alpha value is -2.79. The minimum atomic E-state index is -0.461. The topological polar surface area (TPSA) is 60.9 Å². The molecule has 25 heavy (non-hydrogen) atoms. The number of benzene rings is 2. The summed E-state index contributed by atoms with van der Waals surface area (Å²) in [5.74, 6) is 0.187. The summed E-state index contributed by atoms with van der Waals surface area (Å²) in [5.41, 5.74) is 8.88. The minimum Gasteiger partial charge on any atom is -0.324 e. The third kappa shape index (κ3) is 2.66. The number of hydrogen-bond acceptors (Lipinski definition) is 3. The largest absolute Gasteiger partial charge is 0.324 e. The quantitative estimate of drug-likeness (QED) is 0.780. The number of allylic oxidation sites excluding steroid dienone is 1. The number of aromatic nitrogens is 2. The molecule has 0 bridgehead atoms. The maximum atomic E-state index is 13.9. The lowest BCUT2D eigenvalue weighted by atomic mass is 10.0. The van der Waals surface area contributed by atoms with Gasteiger partial charge in [-0.15, -0.1) is 0 Å². The molecule has 1 unspecified atom stereocenters. The van der Waals surface area contributed by atoms with Crippen molar-refractivity contribution in [2.24, 2.45) is 5.73 Å². The number of nitrogens with zero attached hydrogens (tertiary/aromatic N) is 2. The van der Waals surface area contributed by atoms with Crippen LogP contribution in [0.1, 0.15) is 36.3 Å². The van der Waals surface area contributed by atoms with Gasteiger partial charge in [-0.3, -0.25) is 9.36 Å². The third-order valence-electron chi connectivity index (χ3n) is 4.58. The number of fused-ring (bicyclic) bond motifs is 2. The molecule has 1 aliphatic heterocycles. The Balaban J connectivity index is 1.98. The molecule has 2 N–H and O–H groups in total. The van der Waals surface area contributed by atoms with Crippen LogP contribution in [0.5, 0.6) is 0 Å². The second-order valence-electron chi connectivity index (χ2n) is 6.40. The fourth-order valence-electron chi connectivity index (χ4n) is 3.35. The monoisotopic (exact) mass is 335 g/mol. The van der Waals surface area contributed by atoms with E-state index in [1.165, 1.54) is 12.1 Å². The molecule has 4 rings (SSSR count). The van der Waals surface area contributed by atoms with Crippen LogP contribution in [0, 0.1) is 5.82 Å². The van der Waals surface area contributed by atoms with Gasteiger partial charge in [-0.05, 0) is 48.3 Å². The van der Waals surface area contributed by atoms with E-state index in [0.717, 1.165) is 17.6 Å². The van der Waals surface area contributed by atoms with Crippen LogP contribution >= 0.6 is 0 Å². The van der Waals surface area contributed by atoms with Crippen LogP contribution in [0.25, 0.3) is 22.6 Å². The van der Waals surface area contributed by atoms with Gasteiger partial charge in [0.25, 0.3) is 5.56 Å². The Morgan fingerprint density at radius 3 is 2.76 bits per heavy atom. The van der Waals surface area contributed by atoms with Gasteiger partial charge in [0.05, 0.1) is 10.9 Å². The molecule has 0 spiro atoms. The van der Waals surface area contributed by atoms with E-state index in [-0.39, 0.29) is 10.9 Å². The molecule has 2 aromatic carbocycles. The second kappa shape index (κ2) is 5.93. The summed E-state index contributed by atoms with van der Waals surface area (Å²) in [5, 5.41) is 0.289. The van der Waals surface area contributed by atoms with E-state index in [2.05, 4.69) is 0 Å². The summed E-state index contributed by atoms with van der Waals surface area (Å²) in [4.78, 5) is 17.5. The fraction of sp³-hybridized carbons (Fsp3) is 0.200. The number of halogens is 1. The molecule has 0 fully saturated rings. The van der Waals surface area contributed by atoms with Gasteiger partial charge in [-0.2, -0.15) is 0 Å². The van der Waals surface area contributed by atoms with Crippen molar-refractivity contribution in [3.05, 3.63) is 75.6 Å². The summed E-state index contributed by atoms with van der Waals surface area (Å²) in [6.07, 6.45) is 2.77. The molecule has 1 aliphatic rings. The maximum absolute atomic E-state index is 13.9. The van der Waals surface area contributed by atoms with Crippen LogP contribution in [-0.4, -0.2) is 9.55 Å². The Kier molecular flexibility index (Phi) is 3.73. The van der Waals surface area contributed by atoms with Gasteiger partial charge < -0.3 is 5.73 Å². The SMILES string of the molecule is CC(N)c1cc(F)cc2c(=O)n3c(nc12)C(=Cc1ccccc1)CC3.